The zero-order chi connectivity index (χ0) is 20.8. The lowest BCUT2D eigenvalue weighted by Gasteiger charge is -2.20. The van der Waals surface area contributed by atoms with Crippen molar-refractivity contribution in [1.82, 2.24) is 14.5 Å². The standard InChI is InChI=1S/C23H24N4OS2.ClH/c1-18-7-9-19(10-8-18)29-16-11-22(28)27(14-4-13-26-15-12-24-17-26)23-25-20-5-2-3-6-21(20)30-23;/h2-3,5-10,12,15,17H,4,11,13-14,16H2,1H3;1H. The van der Waals surface area contributed by atoms with Crippen molar-refractivity contribution in [2.24, 2.45) is 0 Å². The Kier molecular flexibility index (Phi) is 8.51. The third-order valence-electron chi connectivity index (χ3n) is 4.78. The molecule has 0 radical (unpaired) electrons. The van der Waals surface area contributed by atoms with E-state index in [1.165, 1.54) is 10.5 Å². The first-order chi connectivity index (χ1) is 14.7. The minimum absolute atomic E-state index is 0. The van der Waals surface area contributed by atoms with Crippen LogP contribution in [0, 0.1) is 6.92 Å². The summed E-state index contributed by atoms with van der Waals surface area (Å²) in [6.45, 7) is 3.55. The Balaban J connectivity index is 0.00000272. The number of thioether (sulfide) groups is 1. The molecule has 0 bridgehead atoms. The predicted molar refractivity (Wildman–Crippen MR) is 133 cm³/mol. The summed E-state index contributed by atoms with van der Waals surface area (Å²) in [5, 5.41) is 0.784. The number of rotatable bonds is 9. The highest BCUT2D eigenvalue weighted by Gasteiger charge is 2.19. The number of para-hydroxylation sites is 1. The molecule has 0 spiro atoms. The molecule has 0 aliphatic carbocycles. The number of carbonyl (C=O) groups excluding carboxylic acids is 1. The van der Waals surface area contributed by atoms with Crippen molar-refractivity contribution in [2.45, 2.75) is 31.2 Å². The maximum Gasteiger partial charge on any atom is 0.229 e. The average molecular weight is 473 g/mol. The van der Waals surface area contributed by atoms with Crippen molar-refractivity contribution in [3.8, 4) is 0 Å². The van der Waals surface area contributed by atoms with Crippen LogP contribution < -0.4 is 4.90 Å². The molecule has 0 aliphatic rings. The normalized spacial score (nSPS) is 10.7. The molecule has 0 fully saturated rings. The van der Waals surface area contributed by atoms with E-state index < -0.39 is 0 Å². The van der Waals surface area contributed by atoms with Gasteiger partial charge in [0.1, 0.15) is 0 Å². The summed E-state index contributed by atoms with van der Waals surface area (Å²) in [5.41, 5.74) is 2.19. The van der Waals surface area contributed by atoms with Gasteiger partial charge in [0.15, 0.2) is 5.13 Å². The molecule has 0 N–H and O–H groups in total. The Labute approximate surface area is 196 Å². The third-order valence-corrected chi connectivity index (χ3v) is 6.85. The molecule has 0 atom stereocenters. The zero-order valence-corrected chi connectivity index (χ0v) is 19.8. The van der Waals surface area contributed by atoms with Crippen LogP contribution in [-0.2, 0) is 11.3 Å². The number of benzene rings is 2. The number of aryl methyl sites for hydroxylation is 2. The Bertz CT molecular complexity index is 1060. The van der Waals surface area contributed by atoms with E-state index >= 15 is 0 Å². The first kappa shape index (κ1) is 23.3. The quantitative estimate of drug-likeness (QED) is 0.287. The van der Waals surface area contributed by atoms with Crippen molar-refractivity contribution in [3.63, 3.8) is 0 Å². The predicted octanol–water partition coefficient (Wildman–Crippen LogP) is 5.83. The van der Waals surface area contributed by atoms with E-state index in [1.54, 1.807) is 29.3 Å². The fourth-order valence-electron chi connectivity index (χ4n) is 3.16. The number of anilines is 1. The number of thiazole rings is 1. The van der Waals surface area contributed by atoms with Gasteiger partial charge in [-0.1, -0.05) is 41.2 Å². The molecule has 1 amide bonds. The smallest absolute Gasteiger partial charge is 0.229 e. The second kappa shape index (κ2) is 11.3. The number of aromatic nitrogens is 3. The first-order valence-corrected chi connectivity index (χ1v) is 11.8. The third kappa shape index (κ3) is 6.32. The zero-order valence-electron chi connectivity index (χ0n) is 17.3. The number of halogens is 1. The summed E-state index contributed by atoms with van der Waals surface area (Å²) in [6, 6.07) is 16.5. The van der Waals surface area contributed by atoms with Gasteiger partial charge in [-0.2, -0.15) is 0 Å². The van der Waals surface area contributed by atoms with Gasteiger partial charge in [-0.25, -0.2) is 9.97 Å². The van der Waals surface area contributed by atoms with Crippen LogP contribution >= 0.6 is 35.5 Å². The van der Waals surface area contributed by atoms with E-state index in [0.717, 1.165) is 34.1 Å². The SMILES string of the molecule is Cc1ccc(SCCC(=O)N(CCCn2ccnc2)c2nc3ccccc3s2)cc1.Cl. The van der Waals surface area contributed by atoms with E-state index in [9.17, 15) is 4.79 Å². The van der Waals surface area contributed by atoms with E-state index in [1.807, 2.05) is 40.2 Å². The maximum absolute atomic E-state index is 13.1. The van der Waals surface area contributed by atoms with E-state index in [2.05, 4.69) is 42.2 Å². The van der Waals surface area contributed by atoms with Gasteiger partial charge in [-0.3, -0.25) is 9.69 Å². The lowest BCUT2D eigenvalue weighted by atomic mass is 10.2. The minimum atomic E-state index is 0. The molecular formula is C23H25ClN4OS2. The van der Waals surface area contributed by atoms with Gasteiger partial charge < -0.3 is 4.57 Å². The largest absolute Gasteiger partial charge is 0.337 e. The molecule has 0 saturated carbocycles. The molecular weight excluding hydrogens is 448 g/mol. The molecule has 2 aromatic heterocycles. The summed E-state index contributed by atoms with van der Waals surface area (Å²) >= 11 is 3.30. The number of imidazole rings is 1. The minimum Gasteiger partial charge on any atom is -0.337 e. The second-order valence-electron chi connectivity index (χ2n) is 7.08. The summed E-state index contributed by atoms with van der Waals surface area (Å²) in [5.74, 6) is 0.879. The molecule has 4 rings (SSSR count). The average Bonchev–Trinajstić information content (AvgIpc) is 3.42. The van der Waals surface area contributed by atoms with Crippen LogP contribution in [0.4, 0.5) is 5.13 Å². The Morgan fingerprint density at radius 2 is 1.97 bits per heavy atom. The highest BCUT2D eigenvalue weighted by atomic mass is 35.5. The van der Waals surface area contributed by atoms with E-state index in [0.29, 0.717) is 13.0 Å². The monoisotopic (exact) mass is 472 g/mol. The van der Waals surface area contributed by atoms with Gasteiger partial charge in [0.2, 0.25) is 5.91 Å². The van der Waals surface area contributed by atoms with Crippen molar-refractivity contribution in [2.75, 3.05) is 17.2 Å². The molecule has 0 saturated heterocycles. The van der Waals surface area contributed by atoms with Gasteiger partial charge in [-0.05, 0) is 37.6 Å². The number of fused-ring (bicyclic) bond motifs is 1. The summed E-state index contributed by atoms with van der Waals surface area (Å²) < 4.78 is 3.14. The van der Waals surface area contributed by atoms with Gasteiger partial charge in [0, 0.05) is 42.6 Å². The number of hydrogen-bond acceptors (Lipinski definition) is 5. The molecule has 5 nitrogen and oxygen atoms in total. The van der Waals surface area contributed by atoms with Crippen molar-refractivity contribution < 1.29 is 4.79 Å². The lowest BCUT2D eigenvalue weighted by Crippen LogP contribution is -2.32. The van der Waals surface area contributed by atoms with Crippen LogP contribution in [0.15, 0.2) is 72.1 Å². The van der Waals surface area contributed by atoms with E-state index in [-0.39, 0.29) is 18.3 Å². The Morgan fingerprint density at radius 1 is 1.16 bits per heavy atom. The van der Waals surface area contributed by atoms with Crippen molar-refractivity contribution in [3.05, 3.63) is 72.8 Å². The van der Waals surface area contributed by atoms with Crippen LogP contribution in [0.3, 0.4) is 0 Å². The summed E-state index contributed by atoms with van der Waals surface area (Å²) in [6.07, 6.45) is 6.87. The van der Waals surface area contributed by atoms with Crippen molar-refractivity contribution in [1.29, 1.82) is 0 Å². The van der Waals surface area contributed by atoms with Gasteiger partial charge in [-0.15, -0.1) is 24.2 Å². The van der Waals surface area contributed by atoms with Crippen molar-refractivity contribution >= 4 is 56.8 Å². The lowest BCUT2D eigenvalue weighted by molar-refractivity contribution is -0.118. The van der Waals surface area contributed by atoms with Gasteiger partial charge in [0.25, 0.3) is 0 Å². The molecule has 4 aromatic rings. The molecule has 2 aromatic carbocycles. The second-order valence-corrected chi connectivity index (χ2v) is 9.25. The Morgan fingerprint density at radius 3 is 2.71 bits per heavy atom. The highest BCUT2D eigenvalue weighted by molar-refractivity contribution is 7.99. The highest BCUT2D eigenvalue weighted by Crippen LogP contribution is 2.29. The van der Waals surface area contributed by atoms with Crippen LogP contribution in [0.1, 0.15) is 18.4 Å². The summed E-state index contributed by atoms with van der Waals surface area (Å²) in [7, 11) is 0. The van der Waals surface area contributed by atoms with Crippen LogP contribution in [-0.4, -0.2) is 32.7 Å². The molecule has 31 heavy (non-hydrogen) atoms. The number of hydrogen-bond donors (Lipinski definition) is 0. The number of amides is 1. The first-order valence-electron chi connectivity index (χ1n) is 10.0. The number of nitrogens with zero attached hydrogens (tertiary/aromatic N) is 4. The molecule has 8 heteroatoms. The van der Waals surface area contributed by atoms with Gasteiger partial charge >= 0.3 is 0 Å². The fourth-order valence-corrected chi connectivity index (χ4v) is 5.01. The maximum atomic E-state index is 13.1. The summed E-state index contributed by atoms with van der Waals surface area (Å²) in [4.78, 5) is 25.0. The van der Waals surface area contributed by atoms with Crippen LogP contribution in [0.25, 0.3) is 10.2 Å². The molecule has 0 unspecified atom stereocenters. The fraction of sp³-hybridized carbons (Fsp3) is 0.261. The molecule has 2 heterocycles. The number of carbonyl (C=O) groups is 1. The topological polar surface area (TPSA) is 51.0 Å². The van der Waals surface area contributed by atoms with Crippen LogP contribution in [0.5, 0.6) is 0 Å². The Hall–Kier alpha value is -2.35. The van der Waals surface area contributed by atoms with E-state index in [4.69, 9.17) is 4.98 Å². The molecule has 162 valence electrons. The molecule has 0 aliphatic heterocycles. The van der Waals surface area contributed by atoms with Gasteiger partial charge in [0.05, 0.1) is 16.5 Å². The van der Waals surface area contributed by atoms with Crippen LogP contribution in [0.2, 0.25) is 0 Å².